The third-order valence-corrected chi connectivity index (χ3v) is 5.61. The van der Waals surface area contributed by atoms with Crippen LogP contribution in [0.25, 0.3) is 22.0 Å². The summed E-state index contributed by atoms with van der Waals surface area (Å²) in [7, 11) is 0. The second-order valence-electron chi connectivity index (χ2n) is 7.31. The summed E-state index contributed by atoms with van der Waals surface area (Å²) in [6.07, 6.45) is 0. The summed E-state index contributed by atoms with van der Waals surface area (Å²) in [5, 5.41) is 4.02. The van der Waals surface area contributed by atoms with Crippen molar-refractivity contribution in [3.63, 3.8) is 0 Å². The Bertz CT molecular complexity index is 1080. The van der Waals surface area contributed by atoms with Crippen LogP contribution in [-0.4, -0.2) is 42.0 Å². The van der Waals surface area contributed by atoms with Crippen molar-refractivity contribution >= 4 is 33.6 Å². The van der Waals surface area contributed by atoms with Crippen LogP contribution in [0.1, 0.15) is 32.0 Å². The first-order valence-electron chi connectivity index (χ1n) is 10.2. The van der Waals surface area contributed by atoms with Crippen molar-refractivity contribution in [2.24, 2.45) is 0 Å². The molecular weight excluding hydrogens is 362 g/mol. The first kappa shape index (κ1) is 19.3. The van der Waals surface area contributed by atoms with Gasteiger partial charge in [0, 0.05) is 34.4 Å². The zero-order valence-corrected chi connectivity index (χ0v) is 17.2. The molecule has 2 heterocycles. The average molecular weight is 389 g/mol. The highest BCUT2D eigenvalue weighted by atomic mass is 16.5. The van der Waals surface area contributed by atoms with Gasteiger partial charge in [0.1, 0.15) is 12.4 Å². The maximum absolute atomic E-state index is 12.5. The van der Waals surface area contributed by atoms with Crippen LogP contribution in [0.4, 0.5) is 5.69 Å². The van der Waals surface area contributed by atoms with Crippen LogP contribution in [-0.2, 0) is 4.79 Å². The summed E-state index contributed by atoms with van der Waals surface area (Å²) in [6.45, 7) is 9.97. The first-order chi connectivity index (χ1) is 14.1. The van der Waals surface area contributed by atoms with Crippen molar-refractivity contribution in [3.8, 4) is 5.75 Å². The molecule has 0 bridgehead atoms. The maximum Gasteiger partial charge on any atom is 0.256 e. The van der Waals surface area contributed by atoms with E-state index in [1.165, 1.54) is 0 Å². The number of para-hydroxylation sites is 1. The van der Waals surface area contributed by atoms with Crippen LogP contribution >= 0.6 is 0 Å². The number of amides is 1. The summed E-state index contributed by atoms with van der Waals surface area (Å²) < 4.78 is 5.95. The van der Waals surface area contributed by atoms with Crippen LogP contribution in [0, 0.1) is 0 Å². The third kappa shape index (κ3) is 3.78. The lowest BCUT2D eigenvalue weighted by molar-refractivity contribution is -0.110. The molecule has 2 N–H and O–H groups in total. The zero-order valence-electron chi connectivity index (χ0n) is 17.2. The topological polar surface area (TPSA) is 57.4 Å². The Balaban J connectivity index is 1.59. The highest BCUT2D eigenvalue weighted by Gasteiger charge is 2.26. The number of hydrogen-bond donors (Lipinski definition) is 2. The molecule has 150 valence electrons. The standard InChI is InChI=1S/C24H27N3O2/c1-4-27(5-2)12-13-29-18-10-11-20-17(14-18)15-22(25-20)16(3)23-19-8-6-7-9-21(19)26-24(23)28/h6-11,14-15,25H,4-5,12-13H2,1-3H3,(H,26,28)/b23-16-. The number of aromatic amines is 1. The summed E-state index contributed by atoms with van der Waals surface area (Å²) in [5.41, 5.74) is 5.46. The van der Waals surface area contributed by atoms with Crippen LogP contribution in [0.2, 0.25) is 0 Å². The number of allylic oxidation sites excluding steroid dienone is 1. The molecule has 0 fully saturated rings. The summed E-state index contributed by atoms with van der Waals surface area (Å²) in [6, 6.07) is 16.0. The number of anilines is 1. The molecule has 5 heteroatoms. The number of likely N-dealkylation sites (N-methyl/N-ethyl adjacent to an activating group) is 1. The van der Waals surface area contributed by atoms with E-state index in [2.05, 4.69) is 41.2 Å². The van der Waals surface area contributed by atoms with Crippen molar-refractivity contribution in [2.45, 2.75) is 20.8 Å². The molecule has 2 aromatic carbocycles. The molecule has 0 aliphatic carbocycles. The van der Waals surface area contributed by atoms with Crippen LogP contribution in [0.15, 0.2) is 48.5 Å². The number of fused-ring (bicyclic) bond motifs is 2. The Morgan fingerprint density at radius 3 is 2.66 bits per heavy atom. The fourth-order valence-electron chi connectivity index (χ4n) is 3.86. The van der Waals surface area contributed by atoms with Gasteiger partial charge in [0.15, 0.2) is 0 Å². The molecule has 0 spiro atoms. The maximum atomic E-state index is 12.5. The molecule has 1 aliphatic rings. The fraction of sp³-hybridized carbons (Fsp3) is 0.292. The van der Waals surface area contributed by atoms with E-state index in [4.69, 9.17) is 4.74 Å². The predicted octanol–water partition coefficient (Wildman–Crippen LogP) is 4.77. The largest absolute Gasteiger partial charge is 0.492 e. The molecule has 0 radical (unpaired) electrons. The molecule has 1 aliphatic heterocycles. The monoisotopic (exact) mass is 389 g/mol. The minimum absolute atomic E-state index is 0.0530. The Kier molecular flexibility index (Phi) is 5.41. The molecule has 0 atom stereocenters. The van der Waals surface area contributed by atoms with Crippen LogP contribution < -0.4 is 10.1 Å². The summed E-state index contributed by atoms with van der Waals surface area (Å²) in [5.74, 6) is 0.812. The molecule has 0 saturated carbocycles. The van der Waals surface area contributed by atoms with Gasteiger partial charge >= 0.3 is 0 Å². The van der Waals surface area contributed by atoms with Gasteiger partial charge in [-0.25, -0.2) is 0 Å². The van der Waals surface area contributed by atoms with Crippen LogP contribution in [0.3, 0.4) is 0 Å². The van der Waals surface area contributed by atoms with Gasteiger partial charge in [-0.05, 0) is 55.9 Å². The second kappa shape index (κ2) is 8.13. The lowest BCUT2D eigenvalue weighted by Crippen LogP contribution is -2.27. The molecular formula is C24H27N3O2. The van der Waals surface area contributed by atoms with E-state index >= 15 is 0 Å². The molecule has 4 rings (SSSR count). The number of nitrogens with one attached hydrogen (secondary N) is 2. The van der Waals surface area contributed by atoms with E-state index in [0.29, 0.717) is 6.61 Å². The van der Waals surface area contributed by atoms with E-state index < -0.39 is 0 Å². The van der Waals surface area contributed by atoms with Crippen molar-refractivity contribution in [2.75, 3.05) is 31.6 Å². The third-order valence-electron chi connectivity index (χ3n) is 5.61. The van der Waals surface area contributed by atoms with E-state index in [1.54, 1.807) is 0 Å². The highest BCUT2D eigenvalue weighted by molar-refractivity contribution is 6.36. The SMILES string of the molecule is CCN(CC)CCOc1ccc2[nH]c(/C(C)=C3\C(=O)Nc4ccccc43)cc2c1. The number of nitrogens with zero attached hydrogens (tertiary/aromatic N) is 1. The molecule has 3 aromatic rings. The van der Waals surface area contributed by atoms with Crippen molar-refractivity contribution < 1.29 is 9.53 Å². The lowest BCUT2D eigenvalue weighted by Gasteiger charge is -2.17. The molecule has 1 aromatic heterocycles. The number of carbonyl (C=O) groups excluding carboxylic acids is 1. The first-order valence-corrected chi connectivity index (χ1v) is 10.2. The van der Waals surface area contributed by atoms with E-state index in [9.17, 15) is 4.79 Å². The smallest absolute Gasteiger partial charge is 0.256 e. The molecule has 1 amide bonds. The molecule has 0 unspecified atom stereocenters. The Morgan fingerprint density at radius 2 is 1.86 bits per heavy atom. The Morgan fingerprint density at radius 1 is 1.07 bits per heavy atom. The number of benzene rings is 2. The fourth-order valence-corrected chi connectivity index (χ4v) is 3.86. The number of H-pyrrole nitrogens is 1. The van der Waals surface area contributed by atoms with E-state index in [-0.39, 0.29) is 5.91 Å². The van der Waals surface area contributed by atoms with Gasteiger partial charge in [-0.1, -0.05) is 32.0 Å². The highest BCUT2D eigenvalue weighted by Crippen LogP contribution is 2.37. The van der Waals surface area contributed by atoms with Crippen molar-refractivity contribution in [1.29, 1.82) is 0 Å². The van der Waals surface area contributed by atoms with Gasteiger partial charge in [-0.3, -0.25) is 4.79 Å². The van der Waals surface area contributed by atoms with Gasteiger partial charge in [0.05, 0.1) is 5.57 Å². The van der Waals surface area contributed by atoms with Crippen molar-refractivity contribution in [3.05, 3.63) is 59.8 Å². The number of hydrogen-bond acceptors (Lipinski definition) is 3. The Labute approximate surface area is 171 Å². The predicted molar refractivity (Wildman–Crippen MR) is 119 cm³/mol. The Hall–Kier alpha value is -3.05. The van der Waals surface area contributed by atoms with E-state index in [1.807, 2.05) is 43.3 Å². The number of rotatable bonds is 7. The van der Waals surface area contributed by atoms with Gasteiger partial charge in [0.25, 0.3) is 5.91 Å². The lowest BCUT2D eigenvalue weighted by atomic mass is 10.00. The molecule has 5 nitrogen and oxygen atoms in total. The molecule has 29 heavy (non-hydrogen) atoms. The van der Waals surface area contributed by atoms with Gasteiger partial charge in [0.2, 0.25) is 0 Å². The quantitative estimate of drug-likeness (QED) is 0.572. The second-order valence-corrected chi connectivity index (χ2v) is 7.31. The van der Waals surface area contributed by atoms with Crippen molar-refractivity contribution in [1.82, 2.24) is 9.88 Å². The number of aromatic nitrogens is 1. The zero-order chi connectivity index (χ0) is 20.4. The minimum atomic E-state index is -0.0530. The van der Waals surface area contributed by atoms with Gasteiger partial charge < -0.3 is 19.9 Å². The van der Waals surface area contributed by atoms with Crippen LogP contribution in [0.5, 0.6) is 5.75 Å². The minimum Gasteiger partial charge on any atom is -0.492 e. The normalized spacial score (nSPS) is 15.0. The van der Waals surface area contributed by atoms with Gasteiger partial charge in [-0.15, -0.1) is 0 Å². The average Bonchev–Trinajstić information content (AvgIpc) is 3.30. The summed E-state index contributed by atoms with van der Waals surface area (Å²) >= 11 is 0. The number of ether oxygens (including phenoxy) is 1. The van der Waals surface area contributed by atoms with E-state index in [0.717, 1.165) is 64.4 Å². The summed E-state index contributed by atoms with van der Waals surface area (Å²) in [4.78, 5) is 18.3. The molecule has 0 saturated heterocycles. The number of carbonyl (C=O) groups is 1. The van der Waals surface area contributed by atoms with Gasteiger partial charge in [-0.2, -0.15) is 0 Å².